The highest BCUT2D eigenvalue weighted by atomic mass is 35.5. The van der Waals surface area contributed by atoms with E-state index in [1.165, 1.54) is 29.3 Å². The van der Waals surface area contributed by atoms with Crippen LogP contribution in [0, 0.1) is 12.7 Å². The van der Waals surface area contributed by atoms with E-state index in [9.17, 15) is 27.2 Å². The number of alkyl halides is 3. The van der Waals surface area contributed by atoms with Gasteiger partial charge in [0, 0.05) is 16.9 Å². The third-order valence-electron chi connectivity index (χ3n) is 6.13. The van der Waals surface area contributed by atoms with E-state index in [1.54, 1.807) is 13.0 Å². The van der Waals surface area contributed by atoms with Gasteiger partial charge in [0.2, 0.25) is 5.91 Å². The van der Waals surface area contributed by atoms with Crippen LogP contribution >= 0.6 is 11.6 Å². The van der Waals surface area contributed by atoms with Crippen LogP contribution in [0.3, 0.4) is 0 Å². The number of primary amides is 1. The van der Waals surface area contributed by atoms with Crippen LogP contribution in [0.1, 0.15) is 56.8 Å². The van der Waals surface area contributed by atoms with E-state index in [0.717, 1.165) is 24.3 Å². The number of aromatic nitrogens is 1. The summed E-state index contributed by atoms with van der Waals surface area (Å²) >= 11 is 6.09. The summed E-state index contributed by atoms with van der Waals surface area (Å²) in [6, 6.07) is 7.41. The number of aryl methyl sites for hydroxylation is 1. The number of carbonyl (C=O) groups is 2. The normalized spacial score (nSPS) is 16.0. The van der Waals surface area contributed by atoms with E-state index >= 15 is 0 Å². The number of halogens is 5. The molecule has 3 aromatic rings. The Morgan fingerprint density at radius 2 is 1.86 bits per heavy atom. The number of rotatable bonds is 5. The molecule has 1 aliphatic carbocycles. The largest absolute Gasteiger partial charge is 0.416 e. The lowest BCUT2D eigenvalue weighted by atomic mass is 9.97. The third-order valence-corrected chi connectivity index (χ3v) is 6.35. The van der Waals surface area contributed by atoms with Crippen LogP contribution in [0.25, 0.3) is 0 Å². The SMILES string of the molecule is Cc1ncccc1C(=O)N([C@@H]1CCc2c(F)cc(Cl)cc21)[C@@H](C(N)=O)c1ccc(C(F)(F)F)cc1. The van der Waals surface area contributed by atoms with Crippen molar-refractivity contribution in [2.45, 2.75) is 38.0 Å². The predicted octanol–water partition coefficient (Wildman–Crippen LogP) is 5.56. The minimum Gasteiger partial charge on any atom is -0.368 e. The van der Waals surface area contributed by atoms with E-state index < -0.39 is 41.5 Å². The Balaban J connectivity index is 1.88. The lowest BCUT2D eigenvalue weighted by Crippen LogP contribution is -2.43. The van der Waals surface area contributed by atoms with Gasteiger partial charge in [-0.2, -0.15) is 13.2 Å². The second-order valence-corrected chi connectivity index (χ2v) is 8.72. The third kappa shape index (κ3) is 4.73. The molecule has 0 saturated carbocycles. The molecule has 0 unspecified atom stereocenters. The van der Waals surface area contributed by atoms with Crippen molar-refractivity contribution in [2.75, 3.05) is 0 Å². The van der Waals surface area contributed by atoms with Gasteiger partial charge < -0.3 is 10.6 Å². The Bertz CT molecular complexity index is 1290. The van der Waals surface area contributed by atoms with Crippen LogP contribution in [-0.2, 0) is 17.4 Å². The van der Waals surface area contributed by atoms with Crippen molar-refractivity contribution in [2.24, 2.45) is 5.73 Å². The molecule has 2 N–H and O–H groups in total. The van der Waals surface area contributed by atoms with Crippen LogP contribution in [-0.4, -0.2) is 21.7 Å². The van der Waals surface area contributed by atoms with Crippen LogP contribution in [0.15, 0.2) is 54.7 Å². The van der Waals surface area contributed by atoms with Gasteiger partial charge in [0.1, 0.15) is 11.9 Å². The molecule has 0 fully saturated rings. The first-order valence-corrected chi connectivity index (χ1v) is 11.1. The Hall–Kier alpha value is -3.46. The van der Waals surface area contributed by atoms with E-state index in [1.807, 2.05) is 0 Å². The summed E-state index contributed by atoms with van der Waals surface area (Å²) in [7, 11) is 0. The minimum absolute atomic E-state index is 0.0938. The average Bonchev–Trinajstić information content (AvgIpc) is 3.20. The molecule has 2 aromatic carbocycles. The molecular weight excluding hydrogens is 486 g/mol. The molecule has 1 heterocycles. The fourth-order valence-electron chi connectivity index (χ4n) is 4.51. The van der Waals surface area contributed by atoms with Gasteiger partial charge in [-0.25, -0.2) is 4.39 Å². The summed E-state index contributed by atoms with van der Waals surface area (Å²) in [4.78, 5) is 31.9. The number of hydrogen-bond acceptors (Lipinski definition) is 3. The standard InChI is InChI=1S/C25H20ClF4N3O2/c1-13-17(3-2-10-32-13)24(35)33(21-9-8-18-19(21)11-16(26)12-20(18)27)22(23(31)34)14-4-6-15(7-5-14)25(28,29)30/h2-7,10-12,21-22H,8-9H2,1H3,(H2,31,34)/t21-,22-/m1/s1. The Morgan fingerprint density at radius 3 is 2.46 bits per heavy atom. The second-order valence-electron chi connectivity index (χ2n) is 8.28. The lowest BCUT2D eigenvalue weighted by Gasteiger charge is -2.36. The Labute approximate surface area is 203 Å². The quantitative estimate of drug-likeness (QED) is 0.461. The molecule has 5 nitrogen and oxygen atoms in total. The van der Waals surface area contributed by atoms with E-state index in [2.05, 4.69) is 4.98 Å². The summed E-state index contributed by atoms with van der Waals surface area (Å²) < 4.78 is 53.9. The van der Waals surface area contributed by atoms with Crippen LogP contribution in [0.2, 0.25) is 5.02 Å². The number of pyridine rings is 1. The molecule has 1 aliphatic rings. The van der Waals surface area contributed by atoms with Crippen LogP contribution in [0.4, 0.5) is 17.6 Å². The summed E-state index contributed by atoms with van der Waals surface area (Å²) in [6.07, 6.45) is -2.54. The van der Waals surface area contributed by atoms with Crippen molar-refractivity contribution in [1.29, 1.82) is 0 Å². The van der Waals surface area contributed by atoms with Gasteiger partial charge in [-0.15, -0.1) is 0 Å². The maximum atomic E-state index is 14.6. The van der Waals surface area contributed by atoms with Gasteiger partial charge >= 0.3 is 6.18 Å². The number of benzene rings is 2. The van der Waals surface area contributed by atoms with Crippen molar-refractivity contribution in [3.8, 4) is 0 Å². The van der Waals surface area contributed by atoms with Crippen molar-refractivity contribution in [1.82, 2.24) is 9.88 Å². The fraction of sp³-hybridized carbons (Fsp3) is 0.240. The number of carbonyl (C=O) groups excluding carboxylic acids is 2. The molecule has 0 spiro atoms. The molecule has 182 valence electrons. The number of nitrogens with zero attached hydrogens (tertiary/aromatic N) is 2. The second kappa shape index (κ2) is 9.30. The highest BCUT2D eigenvalue weighted by Crippen LogP contribution is 2.43. The van der Waals surface area contributed by atoms with E-state index in [0.29, 0.717) is 16.8 Å². The summed E-state index contributed by atoms with van der Waals surface area (Å²) in [5.74, 6) is -2.10. The van der Waals surface area contributed by atoms with Gasteiger partial charge in [0.05, 0.1) is 17.2 Å². The highest BCUT2D eigenvalue weighted by molar-refractivity contribution is 6.30. The monoisotopic (exact) mass is 505 g/mol. The maximum Gasteiger partial charge on any atom is 0.416 e. The number of hydrogen-bond donors (Lipinski definition) is 1. The molecule has 35 heavy (non-hydrogen) atoms. The Kier molecular flexibility index (Phi) is 6.55. The maximum absolute atomic E-state index is 14.6. The molecule has 0 saturated heterocycles. The van der Waals surface area contributed by atoms with Crippen LogP contribution < -0.4 is 5.73 Å². The molecule has 2 atom stereocenters. The summed E-state index contributed by atoms with van der Waals surface area (Å²) in [6.45, 7) is 1.61. The Morgan fingerprint density at radius 1 is 1.17 bits per heavy atom. The van der Waals surface area contributed by atoms with Gasteiger partial charge in [-0.05, 0) is 72.9 Å². The predicted molar refractivity (Wildman–Crippen MR) is 121 cm³/mol. The molecular formula is C25H20ClF4N3O2. The van der Waals surface area contributed by atoms with Gasteiger partial charge in [0.15, 0.2) is 0 Å². The van der Waals surface area contributed by atoms with Gasteiger partial charge in [0.25, 0.3) is 5.91 Å². The van der Waals surface area contributed by atoms with Gasteiger partial charge in [-0.3, -0.25) is 14.6 Å². The number of amides is 2. The zero-order valence-corrected chi connectivity index (χ0v) is 19.2. The average molecular weight is 506 g/mol. The molecule has 2 amide bonds. The first-order valence-electron chi connectivity index (χ1n) is 10.7. The molecule has 0 aliphatic heterocycles. The molecule has 0 bridgehead atoms. The number of nitrogens with two attached hydrogens (primary N) is 1. The minimum atomic E-state index is -4.58. The first kappa shape index (κ1) is 24.7. The highest BCUT2D eigenvalue weighted by Gasteiger charge is 2.41. The molecule has 10 heteroatoms. The van der Waals surface area contributed by atoms with Crippen LogP contribution in [0.5, 0.6) is 0 Å². The smallest absolute Gasteiger partial charge is 0.368 e. The number of fused-ring (bicyclic) bond motifs is 1. The summed E-state index contributed by atoms with van der Waals surface area (Å²) in [5.41, 5.74) is 6.25. The van der Waals surface area contributed by atoms with Crippen molar-refractivity contribution in [3.63, 3.8) is 0 Å². The first-order chi connectivity index (χ1) is 16.5. The van der Waals surface area contributed by atoms with Crippen molar-refractivity contribution >= 4 is 23.4 Å². The lowest BCUT2D eigenvalue weighted by molar-refractivity contribution is -0.137. The zero-order valence-electron chi connectivity index (χ0n) is 18.4. The summed E-state index contributed by atoms with van der Waals surface area (Å²) in [5, 5.41) is 0.114. The van der Waals surface area contributed by atoms with Crippen molar-refractivity contribution < 1.29 is 27.2 Å². The van der Waals surface area contributed by atoms with Crippen molar-refractivity contribution in [3.05, 3.63) is 99.1 Å². The van der Waals surface area contributed by atoms with Gasteiger partial charge in [-0.1, -0.05) is 23.7 Å². The topological polar surface area (TPSA) is 76.3 Å². The zero-order chi connectivity index (χ0) is 25.5. The van der Waals surface area contributed by atoms with E-state index in [-0.39, 0.29) is 29.0 Å². The molecule has 1 aromatic heterocycles. The molecule has 0 radical (unpaired) electrons. The molecule has 4 rings (SSSR count). The van der Waals surface area contributed by atoms with E-state index in [4.69, 9.17) is 17.3 Å². The fourth-order valence-corrected chi connectivity index (χ4v) is 4.73.